The standard InChI is InChI=1S/C9H11Cl2N3O2S/c10-7-5-8(13-9(11)12-7)14-17(15,16)6-3-1-2-4-6/h5-6H,1-4H2,(H,12,13,14). The average molecular weight is 296 g/mol. The highest BCUT2D eigenvalue weighted by Crippen LogP contribution is 2.26. The Bertz CT molecular complexity index is 495. The summed E-state index contributed by atoms with van der Waals surface area (Å²) in [6, 6.07) is 1.33. The summed E-state index contributed by atoms with van der Waals surface area (Å²) in [6.07, 6.45) is 3.25. The normalized spacial score (nSPS) is 17.3. The molecule has 0 atom stereocenters. The zero-order valence-corrected chi connectivity index (χ0v) is 11.2. The Kier molecular flexibility index (Phi) is 3.75. The van der Waals surface area contributed by atoms with Gasteiger partial charge >= 0.3 is 0 Å². The lowest BCUT2D eigenvalue weighted by Gasteiger charge is -2.12. The van der Waals surface area contributed by atoms with Gasteiger partial charge in [0, 0.05) is 6.07 Å². The number of sulfonamides is 1. The van der Waals surface area contributed by atoms with Crippen molar-refractivity contribution in [3.63, 3.8) is 0 Å². The molecule has 0 bridgehead atoms. The molecule has 1 saturated carbocycles. The molecule has 17 heavy (non-hydrogen) atoms. The zero-order valence-electron chi connectivity index (χ0n) is 8.86. The first-order chi connectivity index (χ1) is 7.97. The number of anilines is 1. The molecule has 0 spiro atoms. The van der Waals surface area contributed by atoms with E-state index in [9.17, 15) is 8.42 Å². The largest absolute Gasteiger partial charge is 0.267 e. The van der Waals surface area contributed by atoms with Crippen LogP contribution in [0.1, 0.15) is 25.7 Å². The molecular weight excluding hydrogens is 285 g/mol. The Morgan fingerprint density at radius 1 is 1.24 bits per heavy atom. The monoisotopic (exact) mass is 295 g/mol. The van der Waals surface area contributed by atoms with Crippen LogP contribution in [0.4, 0.5) is 5.82 Å². The molecule has 1 aromatic rings. The van der Waals surface area contributed by atoms with Crippen LogP contribution in [0.5, 0.6) is 0 Å². The maximum atomic E-state index is 12.0. The molecule has 2 rings (SSSR count). The van der Waals surface area contributed by atoms with Crippen LogP contribution in [-0.2, 0) is 10.0 Å². The van der Waals surface area contributed by atoms with Crippen molar-refractivity contribution < 1.29 is 8.42 Å². The highest BCUT2D eigenvalue weighted by Gasteiger charge is 2.29. The SMILES string of the molecule is O=S(=O)(Nc1cc(Cl)nc(Cl)n1)C1CCCC1. The van der Waals surface area contributed by atoms with Crippen molar-refractivity contribution in [2.24, 2.45) is 0 Å². The van der Waals surface area contributed by atoms with Gasteiger partial charge < -0.3 is 0 Å². The fourth-order valence-corrected chi connectivity index (χ4v) is 3.80. The van der Waals surface area contributed by atoms with Crippen molar-refractivity contribution in [2.75, 3.05) is 4.72 Å². The third-order valence-corrected chi connectivity index (χ3v) is 4.86. The van der Waals surface area contributed by atoms with Gasteiger partial charge in [0.05, 0.1) is 5.25 Å². The minimum Gasteiger partial charge on any atom is -0.267 e. The first-order valence-electron chi connectivity index (χ1n) is 5.19. The second-order valence-corrected chi connectivity index (χ2v) is 6.58. The Balaban J connectivity index is 2.19. The van der Waals surface area contributed by atoms with Gasteiger partial charge in [0.25, 0.3) is 0 Å². The molecule has 1 heterocycles. The van der Waals surface area contributed by atoms with Crippen LogP contribution in [0.2, 0.25) is 10.4 Å². The van der Waals surface area contributed by atoms with E-state index in [0.29, 0.717) is 12.8 Å². The lowest BCUT2D eigenvalue weighted by molar-refractivity contribution is 0.585. The van der Waals surface area contributed by atoms with E-state index >= 15 is 0 Å². The summed E-state index contributed by atoms with van der Waals surface area (Å²) in [5, 5.41) is -0.328. The molecule has 94 valence electrons. The van der Waals surface area contributed by atoms with E-state index in [2.05, 4.69) is 14.7 Å². The topological polar surface area (TPSA) is 72.0 Å². The predicted octanol–water partition coefficient (Wildman–Crippen LogP) is 2.47. The lowest BCUT2D eigenvalue weighted by Crippen LogP contribution is -2.25. The van der Waals surface area contributed by atoms with E-state index in [0.717, 1.165) is 12.8 Å². The summed E-state index contributed by atoms with van der Waals surface area (Å²) in [7, 11) is -3.40. The van der Waals surface area contributed by atoms with Crippen molar-refractivity contribution in [1.82, 2.24) is 9.97 Å². The summed E-state index contributed by atoms with van der Waals surface area (Å²) < 4.78 is 26.3. The lowest BCUT2D eigenvalue weighted by atomic mass is 10.4. The van der Waals surface area contributed by atoms with Gasteiger partial charge in [0.2, 0.25) is 15.3 Å². The number of aromatic nitrogens is 2. The fraction of sp³-hybridized carbons (Fsp3) is 0.556. The molecule has 1 aliphatic carbocycles. The van der Waals surface area contributed by atoms with E-state index < -0.39 is 10.0 Å². The van der Waals surface area contributed by atoms with Crippen LogP contribution in [0, 0.1) is 0 Å². The zero-order chi connectivity index (χ0) is 12.5. The van der Waals surface area contributed by atoms with Crippen LogP contribution in [-0.4, -0.2) is 23.6 Å². The molecule has 1 aliphatic rings. The van der Waals surface area contributed by atoms with Gasteiger partial charge in [-0.05, 0) is 24.4 Å². The third kappa shape index (κ3) is 3.20. The van der Waals surface area contributed by atoms with Crippen LogP contribution in [0.15, 0.2) is 6.07 Å². The smallest absolute Gasteiger partial charge is 0.236 e. The van der Waals surface area contributed by atoms with Crippen molar-refractivity contribution >= 4 is 39.0 Å². The quantitative estimate of drug-likeness (QED) is 0.687. The van der Waals surface area contributed by atoms with Crippen molar-refractivity contribution in [3.8, 4) is 0 Å². The number of nitrogens with zero attached hydrogens (tertiary/aromatic N) is 2. The molecule has 0 aromatic carbocycles. The van der Waals surface area contributed by atoms with Crippen molar-refractivity contribution in [1.29, 1.82) is 0 Å². The molecule has 8 heteroatoms. The summed E-state index contributed by atoms with van der Waals surface area (Å²) in [4.78, 5) is 7.42. The van der Waals surface area contributed by atoms with Gasteiger partial charge in [-0.15, -0.1) is 0 Å². The van der Waals surface area contributed by atoms with Crippen molar-refractivity contribution in [3.05, 3.63) is 16.5 Å². The Morgan fingerprint density at radius 3 is 2.47 bits per heavy atom. The third-order valence-electron chi connectivity index (χ3n) is 2.66. The van der Waals surface area contributed by atoms with Crippen LogP contribution in [0.25, 0.3) is 0 Å². The fourth-order valence-electron chi connectivity index (χ4n) is 1.87. The van der Waals surface area contributed by atoms with E-state index in [1.165, 1.54) is 6.07 Å². The number of hydrogen-bond donors (Lipinski definition) is 1. The van der Waals surface area contributed by atoms with Crippen LogP contribution in [0.3, 0.4) is 0 Å². The van der Waals surface area contributed by atoms with E-state index in [4.69, 9.17) is 23.2 Å². The Morgan fingerprint density at radius 2 is 1.88 bits per heavy atom. The average Bonchev–Trinajstić information content (AvgIpc) is 2.67. The number of nitrogens with one attached hydrogen (secondary N) is 1. The predicted molar refractivity (Wildman–Crippen MR) is 66.9 cm³/mol. The summed E-state index contributed by atoms with van der Waals surface area (Å²) >= 11 is 11.3. The van der Waals surface area contributed by atoms with Gasteiger partial charge in [0.15, 0.2) is 0 Å². The molecule has 0 unspecified atom stereocenters. The molecule has 0 radical (unpaired) electrons. The van der Waals surface area contributed by atoms with E-state index in [-0.39, 0.29) is 21.5 Å². The van der Waals surface area contributed by atoms with E-state index in [1.807, 2.05) is 0 Å². The first kappa shape index (κ1) is 12.9. The van der Waals surface area contributed by atoms with E-state index in [1.54, 1.807) is 0 Å². The molecule has 5 nitrogen and oxygen atoms in total. The van der Waals surface area contributed by atoms with Crippen LogP contribution < -0.4 is 4.72 Å². The second-order valence-electron chi connectivity index (χ2n) is 3.90. The second kappa shape index (κ2) is 4.96. The maximum Gasteiger partial charge on any atom is 0.236 e. The van der Waals surface area contributed by atoms with Gasteiger partial charge in [0.1, 0.15) is 11.0 Å². The first-order valence-corrected chi connectivity index (χ1v) is 7.49. The molecule has 1 fully saturated rings. The number of halogens is 2. The Hall–Kier alpha value is -0.590. The molecule has 0 saturated heterocycles. The minimum absolute atomic E-state index is 0.0818. The molecule has 0 aliphatic heterocycles. The summed E-state index contributed by atoms with van der Waals surface area (Å²) in [5.41, 5.74) is 0. The molecular formula is C9H11Cl2N3O2S. The van der Waals surface area contributed by atoms with Crippen LogP contribution >= 0.6 is 23.2 Å². The Labute approximate surface area is 110 Å². The summed E-state index contributed by atoms with van der Waals surface area (Å²) in [5.74, 6) is 0.113. The molecule has 1 aromatic heterocycles. The summed E-state index contributed by atoms with van der Waals surface area (Å²) in [6.45, 7) is 0. The van der Waals surface area contributed by atoms with Gasteiger partial charge in [-0.1, -0.05) is 24.4 Å². The molecule has 1 N–H and O–H groups in total. The van der Waals surface area contributed by atoms with Gasteiger partial charge in [-0.2, -0.15) is 4.98 Å². The number of rotatable bonds is 3. The number of hydrogen-bond acceptors (Lipinski definition) is 4. The molecule has 0 amide bonds. The van der Waals surface area contributed by atoms with Gasteiger partial charge in [-0.25, -0.2) is 13.4 Å². The minimum atomic E-state index is -3.40. The highest BCUT2D eigenvalue weighted by atomic mass is 35.5. The maximum absolute atomic E-state index is 12.0. The highest BCUT2D eigenvalue weighted by molar-refractivity contribution is 7.93. The van der Waals surface area contributed by atoms with Gasteiger partial charge in [-0.3, -0.25) is 4.72 Å². The van der Waals surface area contributed by atoms with Crippen molar-refractivity contribution in [2.45, 2.75) is 30.9 Å².